The number of aromatic nitrogens is 2. The van der Waals surface area contributed by atoms with Crippen LogP contribution in [0.2, 0.25) is 0 Å². The molecule has 1 saturated heterocycles. The number of methoxy groups -OCH3 is 1. The molecule has 1 aliphatic heterocycles. The standard InChI is InChI=1S/C19H23N3O2/c1-24-17-6-4-5-15(13-17)18-7-2-3-12-22(18)19(23)9-8-16-14-20-10-11-21-16/h4-6,10-11,13-14,18H,2-3,7-9,12H2,1H3/t18-/m1/s1. The van der Waals surface area contributed by atoms with Gasteiger partial charge in [0.15, 0.2) is 0 Å². The Morgan fingerprint density at radius 2 is 2.25 bits per heavy atom. The molecule has 0 spiro atoms. The third kappa shape index (κ3) is 3.91. The topological polar surface area (TPSA) is 55.3 Å². The first kappa shape index (κ1) is 16.4. The molecule has 2 heterocycles. The number of hydrogen-bond donors (Lipinski definition) is 0. The zero-order valence-electron chi connectivity index (χ0n) is 14.0. The molecule has 0 radical (unpaired) electrons. The minimum atomic E-state index is 0.142. The molecule has 1 aromatic heterocycles. The summed E-state index contributed by atoms with van der Waals surface area (Å²) in [7, 11) is 1.67. The number of amides is 1. The van der Waals surface area contributed by atoms with Crippen LogP contribution in [0.1, 0.15) is 43.0 Å². The first-order valence-corrected chi connectivity index (χ1v) is 8.46. The monoisotopic (exact) mass is 325 g/mol. The fraction of sp³-hybridized carbons (Fsp3) is 0.421. The predicted molar refractivity (Wildman–Crippen MR) is 91.7 cm³/mol. The first-order valence-electron chi connectivity index (χ1n) is 8.46. The van der Waals surface area contributed by atoms with Crippen LogP contribution in [0.25, 0.3) is 0 Å². The van der Waals surface area contributed by atoms with E-state index in [4.69, 9.17) is 4.74 Å². The summed E-state index contributed by atoms with van der Waals surface area (Å²) < 4.78 is 5.33. The number of likely N-dealkylation sites (tertiary alicyclic amines) is 1. The Bertz CT molecular complexity index is 675. The summed E-state index contributed by atoms with van der Waals surface area (Å²) in [5.74, 6) is 1.03. The van der Waals surface area contributed by atoms with Gasteiger partial charge in [-0.05, 0) is 43.4 Å². The van der Waals surface area contributed by atoms with Crippen molar-refractivity contribution in [2.24, 2.45) is 0 Å². The molecule has 24 heavy (non-hydrogen) atoms. The number of piperidine rings is 1. The molecular formula is C19H23N3O2. The molecule has 0 N–H and O–H groups in total. The highest BCUT2D eigenvalue weighted by Gasteiger charge is 2.27. The lowest BCUT2D eigenvalue weighted by atomic mass is 9.94. The molecule has 0 aliphatic carbocycles. The maximum Gasteiger partial charge on any atom is 0.223 e. The van der Waals surface area contributed by atoms with Crippen LogP contribution in [0.3, 0.4) is 0 Å². The van der Waals surface area contributed by atoms with E-state index < -0.39 is 0 Å². The highest BCUT2D eigenvalue weighted by Crippen LogP contribution is 2.33. The number of aryl methyl sites for hydroxylation is 1. The summed E-state index contributed by atoms with van der Waals surface area (Å²) in [6.07, 6.45) is 9.36. The molecule has 126 valence electrons. The third-order valence-electron chi connectivity index (χ3n) is 4.51. The molecule has 5 nitrogen and oxygen atoms in total. The van der Waals surface area contributed by atoms with Crippen molar-refractivity contribution in [1.82, 2.24) is 14.9 Å². The Morgan fingerprint density at radius 3 is 3.04 bits per heavy atom. The fourth-order valence-corrected chi connectivity index (χ4v) is 3.26. The van der Waals surface area contributed by atoms with E-state index in [1.807, 2.05) is 23.1 Å². The first-order chi connectivity index (χ1) is 11.8. The van der Waals surface area contributed by atoms with Crippen molar-refractivity contribution in [2.45, 2.75) is 38.1 Å². The third-order valence-corrected chi connectivity index (χ3v) is 4.51. The largest absolute Gasteiger partial charge is 0.497 e. The van der Waals surface area contributed by atoms with E-state index in [0.29, 0.717) is 12.8 Å². The number of nitrogens with zero attached hydrogens (tertiary/aromatic N) is 3. The van der Waals surface area contributed by atoms with Gasteiger partial charge in [0.25, 0.3) is 0 Å². The van der Waals surface area contributed by atoms with Crippen LogP contribution in [0, 0.1) is 0 Å². The average Bonchev–Trinajstić information content (AvgIpc) is 2.67. The molecule has 0 unspecified atom stereocenters. The van der Waals surface area contributed by atoms with Gasteiger partial charge in [0.1, 0.15) is 5.75 Å². The molecular weight excluding hydrogens is 302 g/mol. The van der Waals surface area contributed by atoms with E-state index >= 15 is 0 Å². The molecule has 1 fully saturated rings. The SMILES string of the molecule is COc1cccc([C@H]2CCCCN2C(=O)CCc2cnccn2)c1. The number of hydrogen-bond acceptors (Lipinski definition) is 4. The van der Waals surface area contributed by atoms with Crippen LogP contribution in [-0.2, 0) is 11.2 Å². The summed E-state index contributed by atoms with van der Waals surface area (Å²) in [4.78, 5) is 23.1. The van der Waals surface area contributed by atoms with Crippen molar-refractivity contribution in [3.05, 3.63) is 54.1 Å². The van der Waals surface area contributed by atoms with Crippen molar-refractivity contribution < 1.29 is 9.53 Å². The van der Waals surface area contributed by atoms with Gasteiger partial charge >= 0.3 is 0 Å². The quantitative estimate of drug-likeness (QED) is 0.847. The van der Waals surface area contributed by atoms with Gasteiger partial charge in [0.05, 0.1) is 18.8 Å². The van der Waals surface area contributed by atoms with Crippen LogP contribution in [0.4, 0.5) is 0 Å². The summed E-state index contributed by atoms with van der Waals surface area (Å²) in [6.45, 7) is 0.821. The molecule has 1 aromatic carbocycles. The van der Waals surface area contributed by atoms with E-state index in [-0.39, 0.29) is 11.9 Å². The lowest BCUT2D eigenvalue weighted by molar-refractivity contribution is -0.135. The summed E-state index contributed by atoms with van der Waals surface area (Å²) in [5.41, 5.74) is 2.02. The number of carbonyl (C=O) groups excluding carboxylic acids is 1. The summed E-state index contributed by atoms with van der Waals surface area (Å²) in [6, 6.07) is 8.20. The number of rotatable bonds is 5. The zero-order chi connectivity index (χ0) is 16.8. The average molecular weight is 325 g/mol. The minimum Gasteiger partial charge on any atom is -0.497 e. The highest BCUT2D eigenvalue weighted by atomic mass is 16.5. The number of benzene rings is 1. The highest BCUT2D eigenvalue weighted by molar-refractivity contribution is 5.77. The predicted octanol–water partition coefficient (Wildman–Crippen LogP) is 3.17. The molecule has 0 saturated carbocycles. The lowest BCUT2D eigenvalue weighted by Gasteiger charge is -2.36. The number of ether oxygens (including phenoxy) is 1. The van der Waals surface area contributed by atoms with Crippen LogP contribution >= 0.6 is 0 Å². The number of carbonyl (C=O) groups is 1. The Balaban J connectivity index is 1.70. The van der Waals surface area contributed by atoms with Crippen LogP contribution < -0.4 is 4.74 Å². The van der Waals surface area contributed by atoms with Crippen LogP contribution in [-0.4, -0.2) is 34.4 Å². The van der Waals surface area contributed by atoms with E-state index in [0.717, 1.165) is 42.8 Å². The maximum absolute atomic E-state index is 12.8. The van der Waals surface area contributed by atoms with Gasteiger partial charge < -0.3 is 9.64 Å². The van der Waals surface area contributed by atoms with Crippen molar-refractivity contribution >= 4 is 5.91 Å². The van der Waals surface area contributed by atoms with Gasteiger partial charge in [-0.2, -0.15) is 0 Å². The molecule has 5 heteroatoms. The van der Waals surface area contributed by atoms with Crippen LogP contribution in [0.15, 0.2) is 42.9 Å². The Morgan fingerprint density at radius 1 is 1.33 bits per heavy atom. The van der Waals surface area contributed by atoms with E-state index in [2.05, 4.69) is 16.0 Å². The van der Waals surface area contributed by atoms with Gasteiger partial charge in [-0.3, -0.25) is 14.8 Å². The molecule has 1 amide bonds. The Labute approximate surface area is 142 Å². The zero-order valence-corrected chi connectivity index (χ0v) is 14.0. The summed E-state index contributed by atoms with van der Waals surface area (Å²) >= 11 is 0. The van der Waals surface area contributed by atoms with Gasteiger partial charge in [-0.1, -0.05) is 12.1 Å². The van der Waals surface area contributed by atoms with E-state index in [1.54, 1.807) is 25.7 Å². The Kier molecular flexibility index (Phi) is 5.41. The van der Waals surface area contributed by atoms with Gasteiger partial charge in [0.2, 0.25) is 5.91 Å². The van der Waals surface area contributed by atoms with E-state index in [1.165, 1.54) is 0 Å². The molecule has 3 rings (SSSR count). The van der Waals surface area contributed by atoms with Crippen molar-refractivity contribution in [2.75, 3.05) is 13.7 Å². The lowest BCUT2D eigenvalue weighted by Crippen LogP contribution is -2.38. The van der Waals surface area contributed by atoms with Gasteiger partial charge in [0, 0.05) is 31.6 Å². The molecule has 0 bridgehead atoms. The van der Waals surface area contributed by atoms with E-state index in [9.17, 15) is 4.79 Å². The molecule has 2 aromatic rings. The normalized spacial score (nSPS) is 17.5. The second kappa shape index (κ2) is 7.90. The van der Waals surface area contributed by atoms with Crippen LogP contribution in [0.5, 0.6) is 5.75 Å². The van der Waals surface area contributed by atoms with Gasteiger partial charge in [-0.25, -0.2) is 0 Å². The minimum absolute atomic E-state index is 0.142. The second-order valence-corrected chi connectivity index (χ2v) is 6.07. The summed E-state index contributed by atoms with van der Waals surface area (Å²) in [5, 5.41) is 0. The molecule has 1 aliphatic rings. The molecule has 1 atom stereocenters. The van der Waals surface area contributed by atoms with Crippen molar-refractivity contribution in [3.63, 3.8) is 0 Å². The maximum atomic E-state index is 12.8. The second-order valence-electron chi connectivity index (χ2n) is 6.07. The van der Waals surface area contributed by atoms with Crippen molar-refractivity contribution in [1.29, 1.82) is 0 Å². The Hall–Kier alpha value is -2.43. The smallest absolute Gasteiger partial charge is 0.223 e. The fourth-order valence-electron chi connectivity index (χ4n) is 3.26. The van der Waals surface area contributed by atoms with Crippen molar-refractivity contribution in [3.8, 4) is 5.75 Å². The van der Waals surface area contributed by atoms with Gasteiger partial charge in [-0.15, -0.1) is 0 Å².